The lowest BCUT2D eigenvalue weighted by molar-refractivity contribution is -0.0892. The van der Waals surface area contributed by atoms with Crippen LogP contribution in [0.5, 0.6) is 0 Å². The maximum atomic E-state index is 15.2. The van der Waals surface area contributed by atoms with Crippen LogP contribution in [-0.2, 0) is 26.5 Å². The summed E-state index contributed by atoms with van der Waals surface area (Å²) in [6.07, 6.45) is 1.20. The quantitative estimate of drug-likeness (QED) is 0.325. The van der Waals surface area contributed by atoms with Gasteiger partial charge >= 0.3 is 0 Å². The van der Waals surface area contributed by atoms with Gasteiger partial charge in [0.15, 0.2) is 17.5 Å². The molecule has 194 valence electrons. The summed E-state index contributed by atoms with van der Waals surface area (Å²) in [5.74, 6) is -4.87. The van der Waals surface area contributed by atoms with E-state index in [9.17, 15) is 27.1 Å². The van der Waals surface area contributed by atoms with Gasteiger partial charge in [-0.2, -0.15) is 0 Å². The van der Waals surface area contributed by atoms with Crippen LogP contribution in [0.25, 0.3) is 0 Å². The molecule has 3 rings (SSSR count). The predicted molar refractivity (Wildman–Crippen MR) is 121 cm³/mol. The Bertz CT molecular complexity index is 1320. The zero-order valence-electron chi connectivity index (χ0n) is 19.1. The summed E-state index contributed by atoms with van der Waals surface area (Å²) in [7, 11) is -2.07. The molecule has 0 aliphatic heterocycles. The number of aliphatic hydroxyl groups is 1. The number of amides is 1. The third-order valence-corrected chi connectivity index (χ3v) is 6.46. The van der Waals surface area contributed by atoms with Crippen molar-refractivity contribution < 1.29 is 41.0 Å². The number of anilines is 1. The number of sulfonamides is 1. The average Bonchev–Trinajstić information content (AvgIpc) is 3.16. The molecule has 0 aliphatic carbocycles. The van der Waals surface area contributed by atoms with Crippen molar-refractivity contribution in [3.63, 3.8) is 0 Å². The average molecular weight is 529 g/mol. The molecule has 0 fully saturated rings. The van der Waals surface area contributed by atoms with E-state index in [0.29, 0.717) is 6.07 Å². The normalized spacial score (nSPS) is 13.4. The molecule has 0 saturated heterocycles. The van der Waals surface area contributed by atoms with Crippen molar-refractivity contribution in [2.45, 2.75) is 17.0 Å². The molecule has 14 heteroatoms. The van der Waals surface area contributed by atoms with Crippen molar-refractivity contribution in [1.29, 1.82) is 0 Å². The van der Waals surface area contributed by atoms with E-state index in [-0.39, 0.29) is 18.2 Å². The van der Waals surface area contributed by atoms with Crippen LogP contribution < -0.4 is 10.0 Å². The van der Waals surface area contributed by atoms with E-state index < -0.39 is 62.7 Å². The van der Waals surface area contributed by atoms with Crippen LogP contribution in [0.3, 0.4) is 0 Å². The Labute approximate surface area is 204 Å². The van der Waals surface area contributed by atoms with Gasteiger partial charge in [0.05, 0.1) is 18.3 Å². The minimum atomic E-state index is -4.64. The monoisotopic (exact) mass is 528 g/mol. The number of nitrogens with zero attached hydrogens (tertiary/aromatic N) is 2. The van der Waals surface area contributed by atoms with Crippen molar-refractivity contribution in [1.82, 2.24) is 14.3 Å². The molecule has 2 atom stereocenters. The lowest BCUT2D eigenvalue weighted by atomic mass is 10.1. The van der Waals surface area contributed by atoms with Gasteiger partial charge in [0, 0.05) is 38.3 Å². The fourth-order valence-electron chi connectivity index (χ4n) is 3.33. The number of hydrogen-bond donors (Lipinski definition) is 3. The summed E-state index contributed by atoms with van der Waals surface area (Å²) >= 11 is 0. The molecule has 0 bridgehead atoms. The molecule has 2 aromatic heterocycles. The highest BCUT2D eigenvalue weighted by atomic mass is 32.2. The SMILES string of the molecule is COCOC(c1ccccn1)C(CO)NS(=O)(=O)c1cn(C)c(C(=O)Nc2ccc(F)c(F)c2)c1F. The highest BCUT2D eigenvalue weighted by Crippen LogP contribution is 2.25. The van der Waals surface area contributed by atoms with Crippen LogP contribution in [0, 0.1) is 17.5 Å². The summed E-state index contributed by atoms with van der Waals surface area (Å²) < 4.78 is 81.3. The number of methoxy groups -OCH3 is 1. The Hall–Kier alpha value is -3.30. The van der Waals surface area contributed by atoms with Crippen LogP contribution in [0.4, 0.5) is 18.9 Å². The molecule has 2 unspecified atom stereocenters. The van der Waals surface area contributed by atoms with E-state index in [1.54, 1.807) is 18.2 Å². The highest BCUT2D eigenvalue weighted by Gasteiger charge is 2.34. The summed E-state index contributed by atoms with van der Waals surface area (Å²) in [4.78, 5) is 15.8. The van der Waals surface area contributed by atoms with Crippen molar-refractivity contribution in [3.8, 4) is 0 Å². The zero-order chi connectivity index (χ0) is 26.5. The van der Waals surface area contributed by atoms with E-state index in [0.717, 1.165) is 22.9 Å². The summed E-state index contributed by atoms with van der Waals surface area (Å²) in [6, 6.07) is 6.01. The minimum absolute atomic E-state index is 0.170. The van der Waals surface area contributed by atoms with E-state index in [2.05, 4.69) is 15.0 Å². The van der Waals surface area contributed by atoms with Gasteiger partial charge in [0.25, 0.3) is 5.91 Å². The summed E-state index contributed by atoms with van der Waals surface area (Å²) in [5.41, 5.74) is -0.579. The molecule has 3 aromatic rings. The Morgan fingerprint density at radius 2 is 1.94 bits per heavy atom. The first-order valence-corrected chi connectivity index (χ1v) is 11.8. The molecular weight excluding hydrogens is 505 g/mol. The van der Waals surface area contributed by atoms with Gasteiger partial charge in [-0.1, -0.05) is 6.07 Å². The van der Waals surface area contributed by atoms with Gasteiger partial charge in [-0.25, -0.2) is 26.3 Å². The highest BCUT2D eigenvalue weighted by molar-refractivity contribution is 7.89. The number of carbonyl (C=O) groups excluding carboxylic acids is 1. The van der Waals surface area contributed by atoms with Crippen LogP contribution in [-0.4, -0.2) is 55.5 Å². The number of ether oxygens (including phenoxy) is 2. The van der Waals surface area contributed by atoms with Gasteiger partial charge in [-0.3, -0.25) is 9.78 Å². The number of hydrogen-bond acceptors (Lipinski definition) is 7. The van der Waals surface area contributed by atoms with E-state index in [4.69, 9.17) is 9.47 Å². The molecule has 1 aromatic carbocycles. The largest absolute Gasteiger partial charge is 0.395 e. The number of rotatable bonds is 11. The molecule has 36 heavy (non-hydrogen) atoms. The second-order valence-electron chi connectivity index (χ2n) is 7.51. The van der Waals surface area contributed by atoms with Crippen LogP contribution >= 0.6 is 0 Å². The maximum Gasteiger partial charge on any atom is 0.275 e. The van der Waals surface area contributed by atoms with Crippen LogP contribution in [0.1, 0.15) is 22.3 Å². The molecule has 0 spiro atoms. The lowest BCUT2D eigenvalue weighted by Crippen LogP contribution is -2.43. The summed E-state index contributed by atoms with van der Waals surface area (Å²) in [6.45, 7) is -1.00. The van der Waals surface area contributed by atoms with E-state index in [1.165, 1.54) is 20.4 Å². The Morgan fingerprint density at radius 1 is 1.19 bits per heavy atom. The topological polar surface area (TPSA) is 132 Å². The second-order valence-corrected chi connectivity index (χ2v) is 9.19. The molecule has 1 amide bonds. The Balaban J connectivity index is 1.88. The molecule has 2 heterocycles. The Kier molecular flexibility index (Phi) is 8.81. The number of pyridine rings is 1. The zero-order valence-corrected chi connectivity index (χ0v) is 19.9. The number of aliphatic hydroxyl groups excluding tert-OH is 1. The van der Waals surface area contributed by atoms with Crippen molar-refractivity contribution in [3.05, 3.63) is 77.6 Å². The number of aryl methyl sites for hydroxylation is 1. The third-order valence-electron chi connectivity index (χ3n) is 4.98. The van der Waals surface area contributed by atoms with Crippen molar-refractivity contribution in [2.24, 2.45) is 7.05 Å². The number of carbonyl (C=O) groups is 1. The fraction of sp³-hybridized carbons (Fsp3) is 0.273. The van der Waals surface area contributed by atoms with Gasteiger partial charge in [-0.15, -0.1) is 0 Å². The lowest BCUT2D eigenvalue weighted by Gasteiger charge is -2.25. The maximum absolute atomic E-state index is 15.2. The van der Waals surface area contributed by atoms with Crippen LogP contribution in [0.15, 0.2) is 53.7 Å². The second kappa shape index (κ2) is 11.6. The summed E-state index contributed by atoms with van der Waals surface area (Å²) in [5, 5.41) is 12.1. The minimum Gasteiger partial charge on any atom is -0.395 e. The molecule has 0 aliphatic rings. The van der Waals surface area contributed by atoms with Gasteiger partial charge in [-0.05, 0) is 24.3 Å². The van der Waals surface area contributed by atoms with Crippen LogP contribution in [0.2, 0.25) is 0 Å². The van der Waals surface area contributed by atoms with E-state index >= 15 is 4.39 Å². The standard InChI is InChI=1S/C22H23F3N4O6S/c1-29-10-18(19(25)20(29)22(31)27-13-6-7-14(23)15(24)9-13)36(32,33)28-17(11-30)21(35-12-34-2)16-5-3-4-8-26-16/h3-10,17,21,28,30H,11-12H2,1-2H3,(H,27,31). The molecule has 10 nitrogen and oxygen atoms in total. The third kappa shape index (κ3) is 6.09. The number of benzene rings is 1. The van der Waals surface area contributed by atoms with Gasteiger partial charge in [0.1, 0.15) is 23.5 Å². The first-order valence-electron chi connectivity index (χ1n) is 10.3. The number of aromatic nitrogens is 2. The first kappa shape index (κ1) is 27.3. The Morgan fingerprint density at radius 3 is 2.56 bits per heavy atom. The van der Waals surface area contributed by atoms with Gasteiger partial charge in [0.2, 0.25) is 10.0 Å². The number of nitrogens with one attached hydrogen (secondary N) is 2. The molecule has 0 radical (unpaired) electrons. The molecule has 3 N–H and O–H groups in total. The number of halogens is 3. The molecular formula is C22H23F3N4O6S. The first-order chi connectivity index (χ1) is 17.1. The van der Waals surface area contributed by atoms with Crippen molar-refractivity contribution >= 4 is 21.6 Å². The fourth-order valence-corrected chi connectivity index (χ4v) is 4.68. The van der Waals surface area contributed by atoms with Crippen molar-refractivity contribution in [2.75, 3.05) is 25.8 Å². The predicted octanol–water partition coefficient (Wildman–Crippen LogP) is 2.09. The smallest absolute Gasteiger partial charge is 0.275 e. The van der Waals surface area contributed by atoms with E-state index in [1.807, 2.05) is 0 Å². The molecule has 0 saturated carbocycles. The van der Waals surface area contributed by atoms with Gasteiger partial charge < -0.3 is 24.5 Å².